The predicted molar refractivity (Wildman–Crippen MR) is 54.9 cm³/mol. The molecule has 1 amide bonds. The maximum absolute atomic E-state index is 11.5. The van der Waals surface area contributed by atoms with Crippen LogP contribution in [0.3, 0.4) is 0 Å². The fourth-order valence-electron chi connectivity index (χ4n) is 1.27. The van der Waals surface area contributed by atoms with E-state index in [1.165, 1.54) is 0 Å². The van der Waals surface area contributed by atoms with Gasteiger partial charge < -0.3 is 15.8 Å². The van der Waals surface area contributed by atoms with E-state index in [-0.39, 0.29) is 11.5 Å². The van der Waals surface area contributed by atoms with Crippen LogP contribution in [-0.4, -0.2) is 30.2 Å². The van der Waals surface area contributed by atoms with Crippen LogP contribution in [0.5, 0.6) is 0 Å². The summed E-state index contributed by atoms with van der Waals surface area (Å²) in [6.45, 7) is 7.00. The van der Waals surface area contributed by atoms with Gasteiger partial charge in [0.15, 0.2) is 0 Å². The largest absolute Gasteiger partial charge is 0.374 e. The van der Waals surface area contributed by atoms with Gasteiger partial charge in [-0.05, 0) is 33.6 Å². The van der Waals surface area contributed by atoms with Gasteiger partial charge in [0.1, 0.15) is 0 Å². The summed E-state index contributed by atoms with van der Waals surface area (Å²) in [7, 11) is 0. The zero-order valence-electron chi connectivity index (χ0n) is 9.22. The molecular weight excluding hydrogens is 180 g/mol. The number of carbonyl (C=O) groups excluding carboxylic acids is 1. The van der Waals surface area contributed by atoms with Crippen molar-refractivity contribution in [3.05, 3.63) is 0 Å². The van der Waals surface area contributed by atoms with Crippen LogP contribution in [0.4, 0.5) is 0 Å². The lowest BCUT2D eigenvalue weighted by Crippen LogP contribution is -2.48. The molecule has 0 radical (unpaired) electrons. The van der Waals surface area contributed by atoms with E-state index in [1.807, 2.05) is 20.8 Å². The normalized spacial score (nSPS) is 19.1. The van der Waals surface area contributed by atoms with Crippen molar-refractivity contribution in [2.24, 2.45) is 5.73 Å². The van der Waals surface area contributed by atoms with Gasteiger partial charge >= 0.3 is 0 Å². The van der Waals surface area contributed by atoms with Crippen molar-refractivity contribution in [2.75, 3.05) is 13.2 Å². The first-order valence-corrected chi connectivity index (χ1v) is 5.11. The molecule has 14 heavy (non-hydrogen) atoms. The third-order valence-corrected chi connectivity index (χ3v) is 2.45. The van der Waals surface area contributed by atoms with Crippen LogP contribution in [0, 0.1) is 0 Å². The number of nitrogens with one attached hydrogen (secondary N) is 1. The molecule has 0 atom stereocenters. The first-order valence-electron chi connectivity index (χ1n) is 5.11. The first kappa shape index (κ1) is 11.5. The average Bonchev–Trinajstić information content (AvgIpc) is 2.81. The zero-order chi connectivity index (χ0) is 10.8. The summed E-state index contributed by atoms with van der Waals surface area (Å²) in [6, 6.07) is 0. The molecule has 3 N–H and O–H groups in total. The Morgan fingerprint density at radius 2 is 2.14 bits per heavy atom. The maximum atomic E-state index is 11.5. The molecule has 4 heteroatoms. The molecule has 0 aromatic carbocycles. The molecule has 1 aliphatic carbocycles. The van der Waals surface area contributed by atoms with Crippen LogP contribution in [-0.2, 0) is 9.53 Å². The minimum Gasteiger partial charge on any atom is -0.374 e. The second kappa shape index (κ2) is 3.87. The highest BCUT2D eigenvalue weighted by molar-refractivity contribution is 5.88. The highest BCUT2D eigenvalue weighted by Gasteiger charge is 2.46. The van der Waals surface area contributed by atoms with Crippen LogP contribution in [0.1, 0.15) is 33.6 Å². The highest BCUT2D eigenvalue weighted by Crippen LogP contribution is 2.32. The molecule has 1 saturated carbocycles. The third kappa shape index (κ3) is 2.96. The molecule has 4 nitrogen and oxygen atoms in total. The van der Waals surface area contributed by atoms with Gasteiger partial charge in [0.25, 0.3) is 0 Å². The molecule has 0 heterocycles. The van der Waals surface area contributed by atoms with Gasteiger partial charge in [0, 0.05) is 13.2 Å². The Morgan fingerprint density at radius 3 is 2.57 bits per heavy atom. The molecular formula is C10H20N2O2. The van der Waals surface area contributed by atoms with Crippen LogP contribution in [0.2, 0.25) is 0 Å². The number of nitrogens with two attached hydrogens (primary N) is 1. The van der Waals surface area contributed by atoms with Gasteiger partial charge in [-0.25, -0.2) is 0 Å². The number of hydrogen-bond acceptors (Lipinski definition) is 3. The van der Waals surface area contributed by atoms with E-state index in [0.29, 0.717) is 13.2 Å². The smallest absolute Gasteiger partial charge is 0.240 e. The lowest BCUT2D eigenvalue weighted by Gasteiger charge is -2.25. The molecule has 1 aliphatic rings. The standard InChI is InChI=1S/C10H20N2O2/c1-4-14-9(2,3)7-12-8(13)10(11)5-6-10/h4-7,11H2,1-3H3,(H,12,13). The number of hydrogen-bond donors (Lipinski definition) is 2. The monoisotopic (exact) mass is 200 g/mol. The van der Waals surface area contributed by atoms with Crippen molar-refractivity contribution in [1.82, 2.24) is 5.32 Å². The van der Waals surface area contributed by atoms with Gasteiger partial charge in [-0.1, -0.05) is 0 Å². The number of ether oxygens (including phenoxy) is 1. The van der Waals surface area contributed by atoms with Crippen molar-refractivity contribution >= 4 is 5.91 Å². The lowest BCUT2D eigenvalue weighted by atomic mass is 10.1. The predicted octanol–water partition coefficient (Wildman–Crippen LogP) is 0.409. The fourth-order valence-corrected chi connectivity index (χ4v) is 1.27. The summed E-state index contributed by atoms with van der Waals surface area (Å²) in [5, 5.41) is 2.82. The summed E-state index contributed by atoms with van der Waals surface area (Å²) in [5.74, 6) is -0.0507. The average molecular weight is 200 g/mol. The fraction of sp³-hybridized carbons (Fsp3) is 0.900. The Kier molecular flexibility index (Phi) is 3.17. The van der Waals surface area contributed by atoms with E-state index in [4.69, 9.17) is 10.5 Å². The maximum Gasteiger partial charge on any atom is 0.240 e. The second-order valence-electron chi connectivity index (χ2n) is 4.53. The lowest BCUT2D eigenvalue weighted by molar-refractivity contribution is -0.124. The summed E-state index contributed by atoms with van der Waals surface area (Å²) in [4.78, 5) is 11.5. The van der Waals surface area contributed by atoms with E-state index < -0.39 is 5.54 Å². The van der Waals surface area contributed by atoms with Gasteiger partial charge in [0.2, 0.25) is 5.91 Å². The molecule has 1 rings (SSSR count). The molecule has 82 valence electrons. The first-order chi connectivity index (χ1) is 6.40. The molecule has 0 spiro atoms. The zero-order valence-corrected chi connectivity index (χ0v) is 9.22. The summed E-state index contributed by atoms with van der Waals surface area (Å²) >= 11 is 0. The van der Waals surface area contributed by atoms with Crippen molar-refractivity contribution < 1.29 is 9.53 Å². The molecule has 0 saturated heterocycles. The number of carbonyl (C=O) groups is 1. The SMILES string of the molecule is CCOC(C)(C)CNC(=O)C1(N)CC1. The summed E-state index contributed by atoms with van der Waals surface area (Å²) in [5.41, 5.74) is 4.85. The Labute approximate surface area is 85.2 Å². The van der Waals surface area contributed by atoms with Crippen molar-refractivity contribution in [1.29, 1.82) is 0 Å². The summed E-state index contributed by atoms with van der Waals surface area (Å²) in [6.07, 6.45) is 1.60. The Morgan fingerprint density at radius 1 is 1.57 bits per heavy atom. The molecule has 0 aromatic rings. The topological polar surface area (TPSA) is 64.3 Å². The van der Waals surface area contributed by atoms with Crippen molar-refractivity contribution in [3.63, 3.8) is 0 Å². The van der Waals surface area contributed by atoms with E-state index in [2.05, 4.69) is 5.32 Å². The van der Waals surface area contributed by atoms with E-state index in [0.717, 1.165) is 12.8 Å². The number of rotatable bonds is 5. The molecule has 0 aromatic heterocycles. The van der Waals surface area contributed by atoms with Crippen LogP contribution in [0.15, 0.2) is 0 Å². The van der Waals surface area contributed by atoms with Crippen LogP contribution in [0.25, 0.3) is 0 Å². The number of amides is 1. The van der Waals surface area contributed by atoms with E-state index in [9.17, 15) is 4.79 Å². The Balaban J connectivity index is 2.29. The van der Waals surface area contributed by atoms with Crippen LogP contribution < -0.4 is 11.1 Å². The summed E-state index contributed by atoms with van der Waals surface area (Å²) < 4.78 is 5.46. The van der Waals surface area contributed by atoms with E-state index in [1.54, 1.807) is 0 Å². The molecule has 0 unspecified atom stereocenters. The Hall–Kier alpha value is -0.610. The molecule has 0 aliphatic heterocycles. The highest BCUT2D eigenvalue weighted by atomic mass is 16.5. The third-order valence-electron chi connectivity index (χ3n) is 2.45. The van der Waals surface area contributed by atoms with Crippen LogP contribution >= 0.6 is 0 Å². The van der Waals surface area contributed by atoms with Gasteiger partial charge in [-0.15, -0.1) is 0 Å². The minimum absolute atomic E-state index is 0.0507. The molecule has 0 bridgehead atoms. The minimum atomic E-state index is -0.581. The van der Waals surface area contributed by atoms with Crippen molar-refractivity contribution in [2.45, 2.75) is 44.8 Å². The van der Waals surface area contributed by atoms with Crippen molar-refractivity contribution in [3.8, 4) is 0 Å². The van der Waals surface area contributed by atoms with E-state index >= 15 is 0 Å². The van der Waals surface area contributed by atoms with Gasteiger partial charge in [0.05, 0.1) is 11.1 Å². The quantitative estimate of drug-likeness (QED) is 0.675. The Bertz CT molecular complexity index is 222. The van der Waals surface area contributed by atoms with Gasteiger partial charge in [-0.2, -0.15) is 0 Å². The molecule has 1 fully saturated rings. The second-order valence-corrected chi connectivity index (χ2v) is 4.53. The van der Waals surface area contributed by atoms with Gasteiger partial charge in [-0.3, -0.25) is 4.79 Å².